The van der Waals surface area contributed by atoms with Gasteiger partial charge in [0.1, 0.15) is 0 Å². The molecule has 0 aliphatic carbocycles. The topological polar surface area (TPSA) is 119 Å². The fourth-order valence-corrected chi connectivity index (χ4v) is 2.13. The third-order valence-corrected chi connectivity index (χ3v) is 3.78. The molecule has 7 nitrogen and oxygen atoms in total. The van der Waals surface area contributed by atoms with Gasteiger partial charge in [0, 0.05) is 18.0 Å². The number of carboxylic acid groups (broad SMARTS) is 1. The molecule has 0 aliphatic rings. The van der Waals surface area contributed by atoms with Gasteiger partial charge >= 0.3 is 12.1 Å². The number of aliphatic carboxylic acids is 1. The first kappa shape index (κ1) is 19.9. The zero-order valence-electron chi connectivity index (χ0n) is 13.4. The van der Waals surface area contributed by atoms with Gasteiger partial charge in [0.05, 0.1) is 6.61 Å². The van der Waals surface area contributed by atoms with Crippen molar-refractivity contribution in [2.75, 3.05) is 13.2 Å². The number of nitrogens with two attached hydrogens (primary N) is 1. The molecule has 0 radical (unpaired) electrons. The summed E-state index contributed by atoms with van der Waals surface area (Å²) in [7, 11) is 0. The smallest absolute Gasteiger partial charge is 0.408 e. The molecule has 0 heterocycles. The molecule has 1 amide bonds. The van der Waals surface area contributed by atoms with Crippen LogP contribution in [0.5, 0.6) is 0 Å². The number of ether oxygens (including phenoxy) is 1. The minimum absolute atomic E-state index is 0.102. The minimum Gasteiger partial charge on any atom is -0.479 e. The fraction of sp³-hybridized carbons (Fsp3) is 0.438. The number of Topliss-reactive ketones (excluding diaryl/α,β-unsaturated/α-hetero) is 1. The van der Waals surface area contributed by atoms with Crippen molar-refractivity contribution in [3.8, 4) is 0 Å². The number of ketones is 1. The Morgan fingerprint density at radius 2 is 1.92 bits per heavy atom. The van der Waals surface area contributed by atoms with Crippen LogP contribution >= 0.6 is 11.6 Å². The molecule has 132 valence electrons. The van der Waals surface area contributed by atoms with E-state index in [2.05, 4.69) is 5.32 Å². The lowest BCUT2D eigenvalue weighted by Crippen LogP contribution is -2.64. The van der Waals surface area contributed by atoms with Gasteiger partial charge in [0.2, 0.25) is 11.3 Å². The summed E-state index contributed by atoms with van der Waals surface area (Å²) in [5.74, 6) is -2.12. The summed E-state index contributed by atoms with van der Waals surface area (Å²) in [5.41, 5.74) is 4.10. The lowest BCUT2D eigenvalue weighted by atomic mass is 9.89. The van der Waals surface area contributed by atoms with Crippen molar-refractivity contribution in [2.45, 2.75) is 31.2 Å². The van der Waals surface area contributed by atoms with Crippen LogP contribution < -0.4 is 11.1 Å². The molecule has 0 spiro atoms. The summed E-state index contributed by atoms with van der Waals surface area (Å²) in [4.78, 5) is 36.1. The van der Waals surface area contributed by atoms with Crippen LogP contribution in [0.25, 0.3) is 0 Å². The Balaban J connectivity index is 3.03. The Morgan fingerprint density at radius 3 is 2.38 bits per heavy atom. The van der Waals surface area contributed by atoms with Gasteiger partial charge in [-0.15, -0.1) is 11.6 Å². The number of hydrogen-bond donors (Lipinski definition) is 3. The second-order valence-electron chi connectivity index (χ2n) is 5.19. The molecule has 8 heteroatoms. The average molecular weight is 357 g/mol. The van der Waals surface area contributed by atoms with Crippen molar-refractivity contribution < 1.29 is 24.2 Å². The molecule has 0 aliphatic heterocycles. The molecule has 1 unspecified atom stereocenters. The number of amides is 1. The van der Waals surface area contributed by atoms with Gasteiger partial charge in [-0.25, -0.2) is 9.59 Å². The highest BCUT2D eigenvalue weighted by Crippen LogP contribution is 2.16. The van der Waals surface area contributed by atoms with Crippen LogP contribution in [0.2, 0.25) is 0 Å². The van der Waals surface area contributed by atoms with Crippen LogP contribution in [0, 0.1) is 0 Å². The molecule has 4 N–H and O–H groups in total. The Kier molecular flexibility index (Phi) is 7.67. The van der Waals surface area contributed by atoms with Gasteiger partial charge in [0.15, 0.2) is 0 Å². The van der Waals surface area contributed by atoms with E-state index < -0.39 is 29.9 Å². The van der Waals surface area contributed by atoms with Crippen LogP contribution in [0.4, 0.5) is 4.79 Å². The van der Waals surface area contributed by atoms with E-state index in [0.717, 1.165) is 12.0 Å². The molecule has 0 aromatic heterocycles. The highest BCUT2D eigenvalue weighted by molar-refractivity contribution is 6.18. The number of halogens is 1. The summed E-state index contributed by atoms with van der Waals surface area (Å²) >= 11 is 5.68. The lowest BCUT2D eigenvalue weighted by molar-refractivity contribution is -0.142. The number of alkyl halides is 1. The van der Waals surface area contributed by atoms with E-state index in [1.807, 2.05) is 6.92 Å². The Bertz CT molecular complexity index is 591. The molecule has 1 aromatic rings. The summed E-state index contributed by atoms with van der Waals surface area (Å²) in [6.45, 7) is 1.43. The van der Waals surface area contributed by atoms with E-state index >= 15 is 0 Å². The number of rotatable bonds is 9. The predicted molar refractivity (Wildman–Crippen MR) is 89.1 cm³/mol. The van der Waals surface area contributed by atoms with E-state index in [9.17, 15) is 19.5 Å². The van der Waals surface area contributed by atoms with E-state index in [0.29, 0.717) is 6.42 Å². The zero-order valence-corrected chi connectivity index (χ0v) is 14.1. The summed E-state index contributed by atoms with van der Waals surface area (Å²) in [5, 5.41) is 11.6. The number of unbranched alkanes of at least 4 members (excludes halogenated alkanes) is 1. The van der Waals surface area contributed by atoms with Gasteiger partial charge < -0.3 is 15.6 Å². The van der Waals surface area contributed by atoms with Crippen LogP contribution in [0.15, 0.2) is 24.3 Å². The maximum atomic E-state index is 12.6. The molecule has 1 rings (SSSR count). The van der Waals surface area contributed by atoms with Crippen molar-refractivity contribution in [2.24, 2.45) is 5.73 Å². The standard InChI is InChI=1S/C16H21ClN2O5/c1-2-3-8-24-15(23)19-16(10-18,14(21)22)13(20)12-6-4-11(9-17)5-7-12/h4-7H,2-3,8-10,18H2,1H3,(H,19,23)(H,21,22). The zero-order chi connectivity index (χ0) is 18.2. The first-order valence-electron chi connectivity index (χ1n) is 7.49. The number of hydrogen-bond acceptors (Lipinski definition) is 5. The first-order valence-corrected chi connectivity index (χ1v) is 8.02. The van der Waals surface area contributed by atoms with E-state index in [-0.39, 0.29) is 18.1 Å². The predicted octanol–water partition coefficient (Wildman–Crippen LogP) is 1.92. The van der Waals surface area contributed by atoms with Crippen LogP contribution in [0.1, 0.15) is 35.7 Å². The van der Waals surface area contributed by atoms with Gasteiger partial charge in [0.25, 0.3) is 0 Å². The van der Waals surface area contributed by atoms with Crippen molar-refractivity contribution in [1.82, 2.24) is 5.32 Å². The molecule has 0 fully saturated rings. The maximum absolute atomic E-state index is 12.6. The molecule has 0 saturated heterocycles. The molecule has 1 atom stereocenters. The van der Waals surface area contributed by atoms with Crippen LogP contribution in [-0.4, -0.2) is 41.6 Å². The average Bonchev–Trinajstić information content (AvgIpc) is 2.59. The quantitative estimate of drug-likeness (QED) is 0.269. The van der Waals surface area contributed by atoms with Gasteiger partial charge in [-0.2, -0.15) is 0 Å². The summed E-state index contributed by atoms with van der Waals surface area (Å²) in [6, 6.07) is 6.08. The van der Waals surface area contributed by atoms with E-state index in [1.54, 1.807) is 12.1 Å². The third-order valence-electron chi connectivity index (χ3n) is 3.48. The second-order valence-corrected chi connectivity index (χ2v) is 5.46. The Morgan fingerprint density at radius 1 is 1.29 bits per heavy atom. The van der Waals surface area contributed by atoms with Gasteiger partial charge in [-0.1, -0.05) is 37.6 Å². The van der Waals surface area contributed by atoms with Crippen LogP contribution in [-0.2, 0) is 15.4 Å². The molecular weight excluding hydrogens is 336 g/mol. The maximum Gasteiger partial charge on any atom is 0.408 e. The fourth-order valence-electron chi connectivity index (χ4n) is 1.95. The number of carbonyl (C=O) groups excluding carboxylic acids is 2. The first-order chi connectivity index (χ1) is 11.4. The van der Waals surface area contributed by atoms with Crippen molar-refractivity contribution in [3.05, 3.63) is 35.4 Å². The number of alkyl carbamates (subject to hydrolysis) is 1. The Labute approximate surface area is 145 Å². The number of carboxylic acids is 1. The van der Waals surface area contributed by atoms with Crippen LogP contribution in [0.3, 0.4) is 0 Å². The van der Waals surface area contributed by atoms with Crippen molar-refractivity contribution in [1.29, 1.82) is 0 Å². The lowest BCUT2D eigenvalue weighted by Gasteiger charge is -2.27. The second kappa shape index (κ2) is 9.24. The number of nitrogens with one attached hydrogen (secondary N) is 1. The minimum atomic E-state index is -2.29. The van der Waals surface area contributed by atoms with E-state index in [1.165, 1.54) is 12.1 Å². The van der Waals surface area contributed by atoms with E-state index in [4.69, 9.17) is 22.1 Å². The molecule has 0 saturated carbocycles. The molecule has 1 aromatic carbocycles. The SMILES string of the molecule is CCCCOC(=O)NC(CN)(C(=O)O)C(=O)c1ccc(CCl)cc1. The summed E-state index contributed by atoms with van der Waals surface area (Å²) in [6.07, 6.45) is 0.436. The highest BCUT2D eigenvalue weighted by atomic mass is 35.5. The molecular formula is C16H21ClN2O5. The largest absolute Gasteiger partial charge is 0.479 e. The monoisotopic (exact) mass is 356 g/mol. The number of benzene rings is 1. The highest BCUT2D eigenvalue weighted by Gasteiger charge is 2.47. The molecule has 0 bridgehead atoms. The van der Waals surface area contributed by atoms with Crippen molar-refractivity contribution >= 4 is 29.4 Å². The normalized spacial score (nSPS) is 13.0. The van der Waals surface area contributed by atoms with Gasteiger partial charge in [-0.05, 0) is 12.0 Å². The molecule has 24 heavy (non-hydrogen) atoms. The number of carbonyl (C=O) groups is 3. The van der Waals surface area contributed by atoms with Crippen molar-refractivity contribution in [3.63, 3.8) is 0 Å². The Hall–Kier alpha value is -2.12. The van der Waals surface area contributed by atoms with Gasteiger partial charge in [-0.3, -0.25) is 10.1 Å². The summed E-state index contributed by atoms with van der Waals surface area (Å²) < 4.78 is 4.87. The third kappa shape index (κ3) is 4.69.